The number of thiazole rings is 1. The van der Waals surface area contributed by atoms with Gasteiger partial charge in [-0.25, -0.2) is 4.98 Å². The van der Waals surface area contributed by atoms with Gasteiger partial charge in [0, 0.05) is 50.4 Å². The zero-order chi connectivity index (χ0) is 16.5. The molecule has 0 saturated heterocycles. The fourth-order valence-electron chi connectivity index (χ4n) is 2.16. The number of rotatable bonds is 8. The molecule has 0 bridgehead atoms. The van der Waals surface area contributed by atoms with Crippen LogP contribution < -0.4 is 10.6 Å². The molecule has 2 rings (SSSR count). The molecule has 0 aliphatic heterocycles. The molecule has 0 aromatic carbocycles. The van der Waals surface area contributed by atoms with Crippen molar-refractivity contribution in [2.24, 2.45) is 12.0 Å². The number of aromatic nitrogens is 3. The molecular formula is C16H26N6S. The maximum atomic E-state index is 4.62. The molecule has 0 aliphatic carbocycles. The van der Waals surface area contributed by atoms with Gasteiger partial charge >= 0.3 is 0 Å². The molecule has 6 nitrogen and oxygen atoms in total. The molecule has 2 heterocycles. The van der Waals surface area contributed by atoms with Crippen molar-refractivity contribution in [1.29, 1.82) is 0 Å². The van der Waals surface area contributed by atoms with E-state index >= 15 is 0 Å². The molecule has 0 aliphatic rings. The lowest BCUT2D eigenvalue weighted by atomic mass is 10.2. The smallest absolute Gasteiger partial charge is 0.191 e. The summed E-state index contributed by atoms with van der Waals surface area (Å²) in [7, 11) is 1.94. The zero-order valence-corrected chi connectivity index (χ0v) is 15.0. The van der Waals surface area contributed by atoms with Crippen LogP contribution in [0.4, 0.5) is 0 Å². The van der Waals surface area contributed by atoms with E-state index in [1.165, 1.54) is 10.4 Å². The van der Waals surface area contributed by atoms with Gasteiger partial charge in [0.15, 0.2) is 5.96 Å². The summed E-state index contributed by atoms with van der Waals surface area (Å²) in [6.07, 6.45) is 8.80. The Balaban J connectivity index is 1.77. The second-order valence-corrected chi connectivity index (χ2v) is 6.48. The number of aryl methyl sites for hydroxylation is 2. The van der Waals surface area contributed by atoms with Crippen LogP contribution >= 0.6 is 11.3 Å². The summed E-state index contributed by atoms with van der Waals surface area (Å²) in [4.78, 5) is 10.4. The number of aliphatic imine (C=N–C) groups is 1. The fourth-order valence-corrected chi connectivity index (χ4v) is 3.01. The van der Waals surface area contributed by atoms with Crippen molar-refractivity contribution in [3.63, 3.8) is 0 Å². The minimum atomic E-state index is 0.749. The van der Waals surface area contributed by atoms with Crippen LogP contribution in [0.25, 0.3) is 0 Å². The maximum absolute atomic E-state index is 4.62. The lowest BCUT2D eigenvalue weighted by Crippen LogP contribution is -2.38. The molecule has 23 heavy (non-hydrogen) atoms. The molecule has 0 amide bonds. The van der Waals surface area contributed by atoms with Crippen LogP contribution in [0.15, 0.2) is 23.6 Å². The minimum Gasteiger partial charge on any atom is -0.357 e. The first-order chi connectivity index (χ1) is 11.2. The third-order valence-corrected chi connectivity index (χ3v) is 4.56. The molecule has 2 aromatic heterocycles. The van der Waals surface area contributed by atoms with Gasteiger partial charge in [0.1, 0.15) is 0 Å². The van der Waals surface area contributed by atoms with Crippen molar-refractivity contribution in [3.8, 4) is 0 Å². The number of hydrogen-bond acceptors (Lipinski definition) is 4. The Morgan fingerprint density at radius 3 is 2.78 bits per heavy atom. The van der Waals surface area contributed by atoms with Gasteiger partial charge in [0.25, 0.3) is 0 Å². The Kier molecular flexibility index (Phi) is 7.06. The first-order valence-electron chi connectivity index (χ1n) is 8.14. The number of guanidine groups is 1. The second-order valence-electron chi connectivity index (χ2n) is 5.28. The van der Waals surface area contributed by atoms with E-state index in [2.05, 4.69) is 39.6 Å². The molecule has 0 spiro atoms. The minimum absolute atomic E-state index is 0.749. The maximum Gasteiger partial charge on any atom is 0.191 e. The molecule has 0 unspecified atom stereocenters. The van der Waals surface area contributed by atoms with Crippen LogP contribution in [-0.4, -0.2) is 40.4 Å². The summed E-state index contributed by atoms with van der Waals surface area (Å²) in [6, 6.07) is 0. The van der Waals surface area contributed by atoms with Gasteiger partial charge in [0.05, 0.1) is 11.2 Å². The number of nitrogens with one attached hydrogen (secondary N) is 2. The molecule has 0 atom stereocenters. The van der Waals surface area contributed by atoms with Crippen LogP contribution in [0.2, 0.25) is 0 Å². The van der Waals surface area contributed by atoms with Gasteiger partial charge in [-0.3, -0.25) is 9.67 Å². The van der Waals surface area contributed by atoms with Crippen LogP contribution in [0.5, 0.6) is 0 Å². The van der Waals surface area contributed by atoms with Gasteiger partial charge in [-0.15, -0.1) is 11.3 Å². The molecule has 0 radical (unpaired) electrons. The van der Waals surface area contributed by atoms with Gasteiger partial charge in [-0.2, -0.15) is 5.10 Å². The summed E-state index contributed by atoms with van der Waals surface area (Å²) < 4.78 is 1.83. The molecule has 2 aromatic rings. The molecule has 0 saturated carbocycles. The van der Waals surface area contributed by atoms with Crippen molar-refractivity contribution in [2.75, 3.05) is 19.6 Å². The Morgan fingerprint density at radius 1 is 1.26 bits per heavy atom. The Hall–Kier alpha value is -1.89. The van der Waals surface area contributed by atoms with E-state index in [1.54, 1.807) is 11.3 Å². The topological polar surface area (TPSA) is 67.1 Å². The van der Waals surface area contributed by atoms with Gasteiger partial charge < -0.3 is 10.6 Å². The van der Waals surface area contributed by atoms with Crippen LogP contribution in [0.1, 0.15) is 29.3 Å². The highest BCUT2D eigenvalue weighted by molar-refractivity contribution is 7.11. The average Bonchev–Trinajstić information content (AvgIpc) is 3.16. The monoisotopic (exact) mass is 334 g/mol. The first-order valence-corrected chi connectivity index (χ1v) is 8.96. The molecule has 126 valence electrons. The average molecular weight is 334 g/mol. The number of hydrogen-bond donors (Lipinski definition) is 2. The van der Waals surface area contributed by atoms with Crippen molar-refractivity contribution in [2.45, 2.75) is 33.1 Å². The lowest BCUT2D eigenvalue weighted by Gasteiger charge is -2.10. The Bertz CT molecular complexity index is 616. The SMILES string of the molecule is CCNC(=NCCc1ncc(CC)s1)NCCc1cnn(C)c1. The highest BCUT2D eigenvalue weighted by Crippen LogP contribution is 2.13. The van der Waals surface area contributed by atoms with Crippen molar-refractivity contribution < 1.29 is 0 Å². The summed E-state index contributed by atoms with van der Waals surface area (Å²) in [5.74, 6) is 0.865. The lowest BCUT2D eigenvalue weighted by molar-refractivity contribution is 0.765. The van der Waals surface area contributed by atoms with E-state index in [0.29, 0.717) is 0 Å². The molecule has 0 fully saturated rings. The van der Waals surface area contributed by atoms with Crippen LogP contribution in [0, 0.1) is 0 Å². The highest BCUT2D eigenvalue weighted by atomic mass is 32.1. The van der Waals surface area contributed by atoms with Crippen molar-refractivity contribution in [1.82, 2.24) is 25.4 Å². The van der Waals surface area contributed by atoms with Crippen LogP contribution in [-0.2, 0) is 26.3 Å². The zero-order valence-electron chi connectivity index (χ0n) is 14.2. The van der Waals surface area contributed by atoms with Gasteiger partial charge in [-0.05, 0) is 25.3 Å². The summed E-state index contributed by atoms with van der Waals surface area (Å²) >= 11 is 1.78. The van der Waals surface area contributed by atoms with E-state index in [1.807, 2.05) is 30.3 Å². The quantitative estimate of drug-likeness (QED) is 0.570. The molecular weight excluding hydrogens is 308 g/mol. The summed E-state index contributed by atoms with van der Waals surface area (Å²) in [5, 5.41) is 12.0. The van der Waals surface area contributed by atoms with Gasteiger partial charge in [0.2, 0.25) is 0 Å². The third-order valence-electron chi connectivity index (χ3n) is 3.35. The van der Waals surface area contributed by atoms with Crippen molar-refractivity contribution >= 4 is 17.3 Å². The highest BCUT2D eigenvalue weighted by Gasteiger charge is 2.02. The Morgan fingerprint density at radius 2 is 2.13 bits per heavy atom. The largest absolute Gasteiger partial charge is 0.357 e. The predicted octanol–water partition coefficient (Wildman–Crippen LogP) is 1.78. The van der Waals surface area contributed by atoms with E-state index in [0.717, 1.165) is 49.9 Å². The van der Waals surface area contributed by atoms with Gasteiger partial charge in [-0.1, -0.05) is 6.92 Å². The van der Waals surface area contributed by atoms with E-state index < -0.39 is 0 Å². The van der Waals surface area contributed by atoms with Crippen LogP contribution in [0.3, 0.4) is 0 Å². The molecule has 7 heteroatoms. The molecule has 2 N–H and O–H groups in total. The first kappa shape index (κ1) is 17.5. The third kappa shape index (κ3) is 6.02. The second kappa shape index (κ2) is 9.29. The summed E-state index contributed by atoms with van der Waals surface area (Å²) in [5.41, 5.74) is 1.23. The van der Waals surface area contributed by atoms with E-state index in [4.69, 9.17) is 0 Å². The van der Waals surface area contributed by atoms with E-state index in [9.17, 15) is 0 Å². The predicted molar refractivity (Wildman–Crippen MR) is 96.1 cm³/mol. The van der Waals surface area contributed by atoms with Crippen molar-refractivity contribution in [3.05, 3.63) is 34.0 Å². The summed E-state index contributed by atoms with van der Waals surface area (Å²) in [6.45, 7) is 6.68. The number of nitrogens with zero attached hydrogens (tertiary/aromatic N) is 4. The normalized spacial score (nSPS) is 11.7. The van der Waals surface area contributed by atoms with E-state index in [-0.39, 0.29) is 0 Å². The standard InChI is InChI=1S/C16H26N6S/c1-4-14-11-20-15(23-14)7-9-19-16(17-5-2)18-8-6-13-10-21-22(3)12-13/h10-12H,4-9H2,1-3H3,(H2,17,18,19). The fraction of sp³-hybridized carbons (Fsp3) is 0.562. The Labute approximate surface area is 142 Å².